The Labute approximate surface area is 251 Å². The number of amides is 1. The summed E-state index contributed by atoms with van der Waals surface area (Å²) in [6.45, 7) is 1.50. The summed E-state index contributed by atoms with van der Waals surface area (Å²) in [7, 11) is 1.32. The molecule has 0 aliphatic carbocycles. The summed E-state index contributed by atoms with van der Waals surface area (Å²) < 4.78 is 104. The average Bonchev–Trinajstić information content (AvgIpc) is 3.35. The first kappa shape index (κ1) is 31.2. The van der Waals surface area contributed by atoms with Crippen LogP contribution in [0.4, 0.5) is 36.4 Å². The van der Waals surface area contributed by atoms with E-state index in [-0.39, 0.29) is 23.4 Å². The van der Waals surface area contributed by atoms with Gasteiger partial charge in [-0.2, -0.15) is 31.3 Å². The lowest BCUT2D eigenvalue weighted by molar-refractivity contribution is -0.143. The molecule has 2 aliphatic rings. The SMILES string of the molecule is COc1cc(/C=C2\SC(N3CCN(c4ccccc4F)CC3)=NC2=O)ccc1OCc1ccc(C(F)(F)F)cc1C(F)(F)F. The predicted molar refractivity (Wildman–Crippen MR) is 152 cm³/mol. The Hall–Kier alpha value is -4.20. The minimum Gasteiger partial charge on any atom is -0.493 e. The molecule has 1 saturated heterocycles. The molecule has 232 valence electrons. The normalized spacial score (nSPS) is 16.9. The highest BCUT2D eigenvalue weighted by Crippen LogP contribution is 2.39. The van der Waals surface area contributed by atoms with Gasteiger partial charge in [-0.1, -0.05) is 24.3 Å². The van der Waals surface area contributed by atoms with Gasteiger partial charge in [0.2, 0.25) is 0 Å². The molecular weight excluding hydrogens is 615 g/mol. The first-order chi connectivity index (χ1) is 20.8. The summed E-state index contributed by atoms with van der Waals surface area (Å²) in [5.41, 5.74) is -2.30. The summed E-state index contributed by atoms with van der Waals surface area (Å²) in [4.78, 5) is 21.1. The Morgan fingerprint density at radius 1 is 0.886 bits per heavy atom. The van der Waals surface area contributed by atoms with Gasteiger partial charge in [-0.05, 0) is 59.8 Å². The third-order valence-corrected chi connectivity index (χ3v) is 8.01. The number of piperazine rings is 1. The molecule has 0 radical (unpaired) electrons. The van der Waals surface area contributed by atoms with E-state index in [1.165, 1.54) is 37.1 Å². The van der Waals surface area contributed by atoms with E-state index in [2.05, 4.69) is 4.99 Å². The summed E-state index contributed by atoms with van der Waals surface area (Å²) in [6, 6.07) is 12.4. The van der Waals surface area contributed by atoms with Crippen molar-refractivity contribution in [2.45, 2.75) is 19.0 Å². The fourth-order valence-corrected chi connectivity index (χ4v) is 5.69. The maximum Gasteiger partial charge on any atom is 0.416 e. The monoisotopic (exact) mass is 639 g/mol. The number of benzene rings is 3. The molecule has 1 fully saturated rings. The van der Waals surface area contributed by atoms with Crippen molar-refractivity contribution in [3.05, 3.63) is 93.6 Å². The molecule has 2 heterocycles. The van der Waals surface area contributed by atoms with Crippen LogP contribution >= 0.6 is 11.8 Å². The molecule has 0 atom stereocenters. The predicted octanol–water partition coefficient (Wildman–Crippen LogP) is 7.24. The van der Waals surface area contributed by atoms with E-state index >= 15 is 0 Å². The highest BCUT2D eigenvalue weighted by atomic mass is 32.2. The fourth-order valence-electron chi connectivity index (χ4n) is 4.72. The molecule has 14 heteroatoms. The second-order valence-corrected chi connectivity index (χ2v) is 10.8. The maximum atomic E-state index is 14.2. The number of nitrogens with zero attached hydrogens (tertiary/aromatic N) is 3. The van der Waals surface area contributed by atoms with Crippen LogP contribution in [-0.4, -0.2) is 49.3 Å². The van der Waals surface area contributed by atoms with Crippen LogP contribution in [0.3, 0.4) is 0 Å². The summed E-state index contributed by atoms with van der Waals surface area (Å²) in [5, 5.41) is 0.526. The standard InChI is InChI=1S/C30H24F7N3O3S/c1-42-25-14-18(6-9-24(25)43-17-19-7-8-20(29(32,33)34)16-21(19)30(35,36)37)15-26-27(41)38-28(44-26)40-12-10-39(11-13-40)23-5-3-2-4-22(23)31/h2-9,14-16H,10-13,17H2,1H3/b26-15-. The zero-order valence-electron chi connectivity index (χ0n) is 23.0. The summed E-state index contributed by atoms with van der Waals surface area (Å²) in [5.74, 6) is -0.548. The second kappa shape index (κ2) is 12.4. The minimum atomic E-state index is -5.03. The van der Waals surface area contributed by atoms with Crippen molar-refractivity contribution in [3.8, 4) is 11.5 Å². The van der Waals surface area contributed by atoms with Crippen molar-refractivity contribution in [1.82, 2.24) is 4.90 Å². The molecule has 0 bridgehead atoms. The van der Waals surface area contributed by atoms with Gasteiger partial charge in [0.05, 0.1) is 28.8 Å². The molecule has 0 spiro atoms. The van der Waals surface area contributed by atoms with E-state index < -0.39 is 41.6 Å². The number of methoxy groups -OCH3 is 1. The number of hydrogen-bond acceptors (Lipinski definition) is 6. The van der Waals surface area contributed by atoms with Gasteiger partial charge in [-0.15, -0.1) is 0 Å². The van der Waals surface area contributed by atoms with Crippen LogP contribution in [0.5, 0.6) is 11.5 Å². The number of halogens is 7. The second-order valence-electron chi connectivity index (χ2n) is 9.80. The van der Waals surface area contributed by atoms with E-state index in [0.717, 1.165) is 6.07 Å². The van der Waals surface area contributed by atoms with Gasteiger partial charge in [0.25, 0.3) is 5.91 Å². The Morgan fingerprint density at radius 3 is 2.25 bits per heavy atom. The molecule has 0 aromatic heterocycles. The molecule has 5 rings (SSSR count). The minimum absolute atomic E-state index is 0.0535. The number of ether oxygens (including phenoxy) is 2. The van der Waals surface area contributed by atoms with Gasteiger partial charge in [0.1, 0.15) is 12.4 Å². The van der Waals surface area contributed by atoms with Crippen molar-refractivity contribution >= 4 is 34.6 Å². The average molecular weight is 640 g/mol. The lowest BCUT2D eigenvalue weighted by Gasteiger charge is -2.36. The number of aliphatic imine (C=N–C) groups is 1. The third kappa shape index (κ3) is 6.95. The summed E-state index contributed by atoms with van der Waals surface area (Å²) >= 11 is 1.19. The van der Waals surface area contributed by atoms with Crippen LogP contribution in [0.2, 0.25) is 0 Å². The number of para-hydroxylation sites is 1. The molecule has 1 amide bonds. The Kier molecular flexibility index (Phi) is 8.82. The maximum absolute atomic E-state index is 14.2. The molecular formula is C30H24F7N3O3S. The number of hydrogen-bond donors (Lipinski definition) is 0. The molecule has 44 heavy (non-hydrogen) atoms. The quantitative estimate of drug-likeness (QED) is 0.209. The van der Waals surface area contributed by atoms with Gasteiger partial charge in [-0.3, -0.25) is 4.79 Å². The van der Waals surface area contributed by atoms with Gasteiger partial charge in [-0.25, -0.2) is 4.39 Å². The highest BCUT2D eigenvalue weighted by Gasteiger charge is 2.38. The van der Waals surface area contributed by atoms with Crippen LogP contribution in [0.1, 0.15) is 22.3 Å². The number of amidine groups is 1. The Morgan fingerprint density at radius 2 is 1.59 bits per heavy atom. The van der Waals surface area contributed by atoms with Crippen molar-refractivity contribution in [2.24, 2.45) is 4.99 Å². The molecule has 0 saturated carbocycles. The van der Waals surface area contributed by atoms with Crippen LogP contribution in [0, 0.1) is 5.82 Å². The number of carbonyl (C=O) groups excluding carboxylic acids is 1. The van der Waals surface area contributed by atoms with E-state index in [9.17, 15) is 35.5 Å². The summed E-state index contributed by atoms with van der Waals surface area (Å²) in [6.07, 6.45) is -8.38. The zero-order chi connectivity index (χ0) is 31.6. The molecule has 2 aliphatic heterocycles. The largest absolute Gasteiger partial charge is 0.493 e. The topological polar surface area (TPSA) is 54.4 Å². The smallest absolute Gasteiger partial charge is 0.416 e. The third-order valence-electron chi connectivity index (χ3n) is 6.96. The van der Waals surface area contributed by atoms with E-state index in [1.54, 1.807) is 30.3 Å². The number of alkyl halides is 6. The molecule has 3 aromatic carbocycles. The van der Waals surface area contributed by atoms with Gasteiger partial charge >= 0.3 is 12.4 Å². The van der Waals surface area contributed by atoms with Gasteiger partial charge < -0.3 is 19.3 Å². The van der Waals surface area contributed by atoms with Crippen LogP contribution in [0.25, 0.3) is 6.08 Å². The number of thioether (sulfide) groups is 1. The number of rotatable bonds is 6. The van der Waals surface area contributed by atoms with Crippen molar-refractivity contribution in [3.63, 3.8) is 0 Å². The molecule has 0 unspecified atom stereocenters. The van der Waals surface area contributed by atoms with Crippen molar-refractivity contribution < 1.29 is 45.0 Å². The van der Waals surface area contributed by atoms with Crippen LogP contribution < -0.4 is 14.4 Å². The van der Waals surface area contributed by atoms with Gasteiger partial charge in [0.15, 0.2) is 16.7 Å². The lowest BCUT2D eigenvalue weighted by Crippen LogP contribution is -2.48. The first-order valence-corrected chi connectivity index (χ1v) is 14.0. The molecule has 3 aromatic rings. The number of carbonyl (C=O) groups is 1. The van der Waals surface area contributed by atoms with Gasteiger partial charge in [0, 0.05) is 31.7 Å². The first-order valence-electron chi connectivity index (χ1n) is 13.2. The van der Waals surface area contributed by atoms with E-state index in [0.29, 0.717) is 53.6 Å². The van der Waals surface area contributed by atoms with Crippen molar-refractivity contribution in [1.29, 1.82) is 0 Å². The lowest BCUT2D eigenvalue weighted by atomic mass is 10.0. The highest BCUT2D eigenvalue weighted by molar-refractivity contribution is 8.18. The molecule has 6 nitrogen and oxygen atoms in total. The Bertz CT molecular complexity index is 1610. The Balaban J connectivity index is 1.25. The van der Waals surface area contributed by atoms with E-state index in [1.807, 2.05) is 9.80 Å². The van der Waals surface area contributed by atoms with Crippen molar-refractivity contribution in [2.75, 3.05) is 38.2 Å². The number of anilines is 1. The van der Waals surface area contributed by atoms with Crippen LogP contribution in [-0.2, 0) is 23.8 Å². The van der Waals surface area contributed by atoms with Crippen LogP contribution in [0.15, 0.2) is 70.6 Å². The van der Waals surface area contributed by atoms with E-state index in [4.69, 9.17) is 9.47 Å². The fraction of sp³-hybridized carbons (Fsp3) is 0.267. The molecule has 0 N–H and O–H groups in total. The zero-order valence-corrected chi connectivity index (χ0v) is 23.8.